The SMILES string of the molecule is O=[SH](=O)NN1C=CC=CC1. The molecule has 0 amide bonds. The number of hydrogen-bond acceptors (Lipinski definition) is 3. The van der Waals surface area contributed by atoms with Crippen molar-refractivity contribution in [1.82, 2.24) is 9.84 Å². The minimum atomic E-state index is -2.53. The topological polar surface area (TPSA) is 49.4 Å². The molecule has 0 unspecified atom stereocenters. The van der Waals surface area contributed by atoms with E-state index in [9.17, 15) is 8.42 Å². The molecule has 0 spiro atoms. The van der Waals surface area contributed by atoms with Gasteiger partial charge in [-0.1, -0.05) is 12.2 Å². The third-order valence-electron chi connectivity index (χ3n) is 1.03. The van der Waals surface area contributed by atoms with Gasteiger partial charge in [0.05, 0.1) is 6.54 Å². The van der Waals surface area contributed by atoms with Crippen molar-refractivity contribution in [2.45, 2.75) is 0 Å². The van der Waals surface area contributed by atoms with Crippen molar-refractivity contribution in [2.24, 2.45) is 0 Å². The Hall–Kier alpha value is -0.810. The minimum absolute atomic E-state index is 0.583. The van der Waals surface area contributed by atoms with Crippen LogP contribution < -0.4 is 4.83 Å². The lowest BCUT2D eigenvalue weighted by atomic mass is 10.4. The molecule has 0 fully saturated rings. The molecule has 1 aliphatic heterocycles. The molecule has 4 nitrogen and oxygen atoms in total. The number of nitrogens with one attached hydrogen (secondary N) is 1. The lowest BCUT2D eigenvalue weighted by Gasteiger charge is -2.16. The Kier molecular flexibility index (Phi) is 2.47. The molecule has 0 aromatic carbocycles. The van der Waals surface area contributed by atoms with Gasteiger partial charge in [0.25, 0.3) is 0 Å². The van der Waals surface area contributed by atoms with E-state index in [1.165, 1.54) is 5.01 Å². The van der Waals surface area contributed by atoms with E-state index in [2.05, 4.69) is 4.83 Å². The molecule has 10 heavy (non-hydrogen) atoms. The molecule has 1 aliphatic rings. The summed E-state index contributed by atoms with van der Waals surface area (Å²) in [6.07, 6.45) is 7.13. The van der Waals surface area contributed by atoms with Gasteiger partial charge < -0.3 is 0 Å². The van der Waals surface area contributed by atoms with Crippen molar-refractivity contribution in [3.63, 3.8) is 0 Å². The summed E-state index contributed by atoms with van der Waals surface area (Å²) in [7, 11) is -2.53. The number of hydrazine groups is 1. The highest BCUT2D eigenvalue weighted by molar-refractivity contribution is 7.70. The summed E-state index contributed by atoms with van der Waals surface area (Å²) in [6.45, 7) is 0.583. The van der Waals surface area contributed by atoms with Crippen LogP contribution in [-0.2, 0) is 10.9 Å². The molecule has 5 heteroatoms. The molecule has 1 rings (SSSR count). The molecule has 56 valence electrons. The molecule has 0 aromatic heterocycles. The van der Waals surface area contributed by atoms with E-state index in [1.807, 2.05) is 12.2 Å². The van der Waals surface area contributed by atoms with Gasteiger partial charge in [0.2, 0.25) is 10.9 Å². The van der Waals surface area contributed by atoms with Crippen LogP contribution in [0.1, 0.15) is 0 Å². The second kappa shape index (κ2) is 3.38. The van der Waals surface area contributed by atoms with Gasteiger partial charge in [-0.25, -0.2) is 8.42 Å². The Bertz CT molecular complexity index is 224. The molecule has 0 radical (unpaired) electrons. The fourth-order valence-corrected chi connectivity index (χ4v) is 1.00. The largest absolute Gasteiger partial charge is 0.299 e. The third kappa shape index (κ3) is 2.20. The van der Waals surface area contributed by atoms with E-state index in [-0.39, 0.29) is 0 Å². The third-order valence-corrected chi connectivity index (χ3v) is 1.45. The monoisotopic (exact) mass is 160 g/mol. The summed E-state index contributed by atoms with van der Waals surface area (Å²) in [4.78, 5) is 2.23. The van der Waals surface area contributed by atoms with Crippen molar-refractivity contribution in [1.29, 1.82) is 0 Å². The van der Waals surface area contributed by atoms with E-state index in [1.54, 1.807) is 12.3 Å². The molecule has 0 saturated carbocycles. The van der Waals surface area contributed by atoms with Gasteiger partial charge in [0, 0.05) is 6.20 Å². The van der Waals surface area contributed by atoms with Gasteiger partial charge in [-0.3, -0.25) is 5.01 Å². The molecule has 0 saturated heterocycles. The first kappa shape index (κ1) is 7.30. The maximum Gasteiger partial charge on any atom is 0.218 e. The highest BCUT2D eigenvalue weighted by Crippen LogP contribution is 1.92. The smallest absolute Gasteiger partial charge is 0.218 e. The van der Waals surface area contributed by atoms with Gasteiger partial charge >= 0.3 is 0 Å². The van der Waals surface area contributed by atoms with Crippen molar-refractivity contribution >= 4 is 10.9 Å². The van der Waals surface area contributed by atoms with Crippen LogP contribution in [-0.4, -0.2) is 20.0 Å². The second-order valence-corrected chi connectivity index (χ2v) is 2.49. The highest BCUT2D eigenvalue weighted by Gasteiger charge is 1.96. The zero-order valence-electron chi connectivity index (χ0n) is 5.23. The van der Waals surface area contributed by atoms with Crippen molar-refractivity contribution < 1.29 is 8.42 Å². The van der Waals surface area contributed by atoms with E-state index in [0.717, 1.165) is 0 Å². The summed E-state index contributed by atoms with van der Waals surface area (Å²) < 4.78 is 20.2. The van der Waals surface area contributed by atoms with Crippen LogP contribution in [0.3, 0.4) is 0 Å². The molecular weight excluding hydrogens is 152 g/mol. The van der Waals surface area contributed by atoms with Crippen LogP contribution in [0.2, 0.25) is 0 Å². The Morgan fingerprint density at radius 3 is 2.70 bits per heavy atom. The lowest BCUT2D eigenvalue weighted by Crippen LogP contribution is -2.32. The van der Waals surface area contributed by atoms with Gasteiger partial charge in [0.1, 0.15) is 0 Å². The van der Waals surface area contributed by atoms with Crippen LogP contribution in [0.4, 0.5) is 0 Å². The second-order valence-electron chi connectivity index (χ2n) is 1.78. The molecular formula is C5H8N2O2S. The number of nitrogens with zero attached hydrogens (tertiary/aromatic N) is 1. The Morgan fingerprint density at radius 1 is 1.40 bits per heavy atom. The van der Waals surface area contributed by atoms with Gasteiger partial charge in [-0.2, -0.15) is 0 Å². The number of thiol groups is 1. The molecule has 0 atom stereocenters. The van der Waals surface area contributed by atoms with Gasteiger partial charge in [0.15, 0.2) is 0 Å². The first-order valence-electron chi connectivity index (χ1n) is 2.80. The highest BCUT2D eigenvalue weighted by atomic mass is 32.2. The normalized spacial score (nSPS) is 16.7. The Morgan fingerprint density at radius 2 is 2.20 bits per heavy atom. The average molecular weight is 160 g/mol. The fourth-order valence-electron chi connectivity index (χ4n) is 0.646. The van der Waals surface area contributed by atoms with Gasteiger partial charge in [-0.05, 0) is 6.08 Å². The maximum atomic E-state index is 10.1. The minimum Gasteiger partial charge on any atom is -0.299 e. The molecule has 0 aliphatic carbocycles. The average Bonchev–Trinajstić information content (AvgIpc) is 1.88. The van der Waals surface area contributed by atoms with Crippen molar-refractivity contribution in [2.75, 3.05) is 6.54 Å². The summed E-state index contributed by atoms with van der Waals surface area (Å²) in [5, 5.41) is 1.48. The molecule has 0 bridgehead atoms. The quantitative estimate of drug-likeness (QED) is 0.530. The zero-order valence-corrected chi connectivity index (χ0v) is 6.12. The Balaban J connectivity index is 2.44. The lowest BCUT2D eigenvalue weighted by molar-refractivity contribution is 0.373. The number of rotatable bonds is 2. The van der Waals surface area contributed by atoms with E-state index >= 15 is 0 Å². The van der Waals surface area contributed by atoms with E-state index in [4.69, 9.17) is 0 Å². The molecule has 0 aromatic rings. The van der Waals surface area contributed by atoms with Crippen molar-refractivity contribution in [3.05, 3.63) is 24.4 Å². The van der Waals surface area contributed by atoms with Crippen LogP contribution >= 0.6 is 0 Å². The predicted octanol–water partition coefficient (Wildman–Crippen LogP) is -0.597. The van der Waals surface area contributed by atoms with Crippen LogP contribution in [0.15, 0.2) is 24.4 Å². The van der Waals surface area contributed by atoms with E-state index in [0.29, 0.717) is 6.54 Å². The van der Waals surface area contributed by atoms with Crippen LogP contribution in [0.5, 0.6) is 0 Å². The summed E-state index contributed by atoms with van der Waals surface area (Å²) in [5.41, 5.74) is 0. The molecule has 1 heterocycles. The zero-order chi connectivity index (χ0) is 7.40. The fraction of sp³-hybridized carbons (Fsp3) is 0.200. The van der Waals surface area contributed by atoms with Crippen molar-refractivity contribution in [3.8, 4) is 0 Å². The van der Waals surface area contributed by atoms with E-state index < -0.39 is 10.9 Å². The maximum absolute atomic E-state index is 10.1. The van der Waals surface area contributed by atoms with Crippen LogP contribution in [0, 0.1) is 0 Å². The van der Waals surface area contributed by atoms with Gasteiger partial charge in [-0.15, -0.1) is 4.83 Å². The summed E-state index contributed by atoms with van der Waals surface area (Å²) in [5.74, 6) is 0. The molecule has 1 N–H and O–H groups in total. The number of allylic oxidation sites excluding steroid dienone is 2. The Labute approximate surface area is 60.9 Å². The predicted molar refractivity (Wildman–Crippen MR) is 38.4 cm³/mol. The summed E-state index contributed by atoms with van der Waals surface area (Å²) in [6, 6.07) is 0. The number of hydrogen-bond donors (Lipinski definition) is 2. The first-order valence-corrected chi connectivity index (χ1v) is 3.97. The standard InChI is InChI=1S/C5H8N2O2S/c8-10(9)6-7-4-2-1-3-5-7/h1-4,10H,5H2,(H,6,8,9). The summed E-state index contributed by atoms with van der Waals surface area (Å²) >= 11 is 0. The first-order chi connectivity index (χ1) is 4.79. The van der Waals surface area contributed by atoms with Crippen LogP contribution in [0.25, 0.3) is 0 Å².